The van der Waals surface area contributed by atoms with Crippen LogP contribution in [-0.4, -0.2) is 56.0 Å². The highest BCUT2D eigenvalue weighted by molar-refractivity contribution is 7.92. The summed E-state index contributed by atoms with van der Waals surface area (Å²) in [6.45, 7) is 5.43. The molecular weight excluding hydrogens is 564 g/mol. The Bertz CT molecular complexity index is 1820. The number of carbonyl (C=O) groups excluding carboxylic acids is 1. The van der Waals surface area contributed by atoms with E-state index in [1.807, 2.05) is 56.3 Å². The van der Waals surface area contributed by atoms with Crippen LogP contribution in [0.5, 0.6) is 5.88 Å². The standard InChI is InChI=1S/C33H32N4O5S/c1-21-6-4-7-22(2)31(21)28-19-30-35-33(34-28)36-43(39,40)27-9-5-8-26(18-27)32(38)37(3)20-29(42-30)25-12-10-23(11-13-25)24-14-16-41-17-15-24/h4-14,18-19,29H,15-17,20H2,1-3H3,(H,34,35,36). The van der Waals surface area contributed by atoms with E-state index in [2.05, 4.69) is 20.8 Å². The lowest BCUT2D eigenvalue weighted by Crippen LogP contribution is -2.33. The Kier molecular flexibility index (Phi) is 7.72. The highest BCUT2D eigenvalue weighted by Gasteiger charge is 2.26. The lowest BCUT2D eigenvalue weighted by Gasteiger charge is -2.26. The average molecular weight is 597 g/mol. The van der Waals surface area contributed by atoms with Crippen molar-refractivity contribution in [3.8, 4) is 17.1 Å². The van der Waals surface area contributed by atoms with Crippen LogP contribution in [0, 0.1) is 13.8 Å². The molecule has 220 valence electrons. The fraction of sp³-hybridized carbons (Fsp3) is 0.242. The van der Waals surface area contributed by atoms with Crippen LogP contribution < -0.4 is 9.46 Å². The average Bonchev–Trinajstić information content (AvgIpc) is 3.00. The zero-order valence-corrected chi connectivity index (χ0v) is 25.0. The number of hydrogen-bond donors (Lipinski definition) is 1. The van der Waals surface area contributed by atoms with Gasteiger partial charge in [0.2, 0.25) is 11.8 Å². The molecule has 9 nitrogen and oxygen atoms in total. The number of nitrogens with zero attached hydrogens (tertiary/aromatic N) is 3. The second kappa shape index (κ2) is 11.6. The van der Waals surface area contributed by atoms with E-state index in [1.54, 1.807) is 25.2 Å². The smallest absolute Gasteiger partial charge is 0.264 e. The molecule has 4 bridgehead atoms. The van der Waals surface area contributed by atoms with Crippen LogP contribution in [-0.2, 0) is 14.8 Å². The van der Waals surface area contributed by atoms with Crippen molar-refractivity contribution in [3.05, 3.63) is 107 Å². The Morgan fingerprint density at radius 1 is 0.930 bits per heavy atom. The maximum Gasteiger partial charge on any atom is 0.264 e. The number of carbonyl (C=O) groups is 1. The van der Waals surface area contributed by atoms with E-state index in [4.69, 9.17) is 9.47 Å². The number of hydrogen-bond acceptors (Lipinski definition) is 7. The zero-order chi connectivity index (χ0) is 30.1. The molecule has 0 aliphatic carbocycles. The number of sulfonamides is 1. The van der Waals surface area contributed by atoms with Crippen LogP contribution in [0.1, 0.15) is 45.1 Å². The van der Waals surface area contributed by atoms with Crippen LogP contribution in [0.4, 0.5) is 5.95 Å². The van der Waals surface area contributed by atoms with Gasteiger partial charge >= 0.3 is 0 Å². The van der Waals surface area contributed by atoms with Gasteiger partial charge < -0.3 is 14.4 Å². The van der Waals surface area contributed by atoms with Crippen molar-refractivity contribution >= 4 is 27.5 Å². The van der Waals surface area contributed by atoms with Crippen molar-refractivity contribution in [2.24, 2.45) is 0 Å². The number of benzene rings is 3. The number of fused-ring (bicyclic) bond motifs is 4. The number of nitrogens with one attached hydrogen (secondary N) is 1. The number of ether oxygens (including phenoxy) is 2. The molecule has 1 amide bonds. The van der Waals surface area contributed by atoms with E-state index in [0.717, 1.165) is 34.2 Å². The fourth-order valence-corrected chi connectivity index (χ4v) is 6.45. The molecule has 3 aromatic carbocycles. The lowest BCUT2D eigenvalue weighted by atomic mass is 9.98. The normalized spacial score (nSPS) is 18.3. The number of amides is 1. The van der Waals surface area contributed by atoms with Gasteiger partial charge in [0.1, 0.15) is 6.10 Å². The molecule has 0 fully saturated rings. The van der Waals surface area contributed by atoms with Crippen molar-refractivity contribution in [2.75, 3.05) is 31.5 Å². The van der Waals surface area contributed by atoms with Crippen molar-refractivity contribution in [1.82, 2.24) is 14.9 Å². The summed E-state index contributed by atoms with van der Waals surface area (Å²) in [5.74, 6) is -0.277. The van der Waals surface area contributed by atoms with E-state index in [0.29, 0.717) is 18.9 Å². The number of anilines is 1. The molecule has 2 aliphatic heterocycles. The van der Waals surface area contributed by atoms with Crippen molar-refractivity contribution in [3.63, 3.8) is 0 Å². The van der Waals surface area contributed by atoms with Crippen LogP contribution in [0.25, 0.3) is 16.8 Å². The first-order chi connectivity index (χ1) is 20.7. The number of likely N-dealkylation sites (N-methyl/N-ethyl adjacent to an activating group) is 1. The molecule has 43 heavy (non-hydrogen) atoms. The van der Waals surface area contributed by atoms with Gasteiger partial charge in [-0.15, -0.1) is 0 Å². The minimum absolute atomic E-state index is 0.0657. The van der Waals surface area contributed by atoms with E-state index in [1.165, 1.54) is 22.6 Å². The summed E-state index contributed by atoms with van der Waals surface area (Å²) in [4.78, 5) is 24.0. The van der Waals surface area contributed by atoms with Crippen LogP contribution in [0.15, 0.2) is 83.8 Å². The molecule has 0 spiro atoms. The highest BCUT2D eigenvalue weighted by atomic mass is 32.2. The minimum atomic E-state index is -4.12. The number of aryl methyl sites for hydroxylation is 2. The largest absolute Gasteiger partial charge is 0.467 e. The molecular formula is C33H32N4O5S. The van der Waals surface area contributed by atoms with Gasteiger partial charge in [0.05, 0.1) is 30.3 Å². The van der Waals surface area contributed by atoms with Gasteiger partial charge in [-0.3, -0.25) is 4.79 Å². The molecule has 3 heterocycles. The Balaban J connectivity index is 1.48. The summed E-state index contributed by atoms with van der Waals surface area (Å²) in [5.41, 5.74) is 6.75. The van der Waals surface area contributed by atoms with Gasteiger partial charge in [0.15, 0.2) is 0 Å². The quantitative estimate of drug-likeness (QED) is 0.329. The van der Waals surface area contributed by atoms with Gasteiger partial charge in [0.25, 0.3) is 15.9 Å². The van der Waals surface area contributed by atoms with Crippen molar-refractivity contribution in [1.29, 1.82) is 0 Å². The Hall–Kier alpha value is -4.54. The third kappa shape index (κ3) is 6.02. The van der Waals surface area contributed by atoms with Gasteiger partial charge in [-0.1, -0.05) is 54.6 Å². The van der Waals surface area contributed by atoms with E-state index >= 15 is 0 Å². The van der Waals surface area contributed by atoms with Crippen molar-refractivity contribution < 1.29 is 22.7 Å². The molecule has 0 saturated heterocycles. The fourth-order valence-electron chi connectivity index (χ4n) is 5.46. The highest BCUT2D eigenvalue weighted by Crippen LogP contribution is 2.32. The summed E-state index contributed by atoms with van der Waals surface area (Å²) in [7, 11) is -2.44. The van der Waals surface area contributed by atoms with Crippen LogP contribution in [0.2, 0.25) is 0 Å². The predicted molar refractivity (Wildman–Crippen MR) is 164 cm³/mol. The molecule has 0 saturated carbocycles. The van der Waals surface area contributed by atoms with E-state index < -0.39 is 16.1 Å². The zero-order valence-electron chi connectivity index (χ0n) is 24.2. The Morgan fingerprint density at radius 2 is 1.67 bits per heavy atom. The summed E-state index contributed by atoms with van der Waals surface area (Å²) in [5, 5.41) is 0. The van der Waals surface area contributed by atoms with Crippen LogP contribution >= 0.6 is 0 Å². The molecule has 1 unspecified atom stereocenters. The SMILES string of the molecule is Cc1cccc(C)c1-c1cc2nc(n1)NS(=O)(=O)c1cccc(c1)C(=O)N(C)CC(c1ccc(C3=CCOCC3)cc1)O2. The molecule has 10 heteroatoms. The predicted octanol–water partition coefficient (Wildman–Crippen LogP) is 5.57. The monoisotopic (exact) mass is 596 g/mol. The van der Waals surface area contributed by atoms with Gasteiger partial charge in [-0.05, 0) is 66.3 Å². The van der Waals surface area contributed by atoms with Crippen LogP contribution in [0.3, 0.4) is 0 Å². The number of rotatable bonds is 3. The first-order valence-electron chi connectivity index (χ1n) is 14.1. The third-order valence-electron chi connectivity index (χ3n) is 7.72. The molecule has 2 aliphatic rings. The lowest BCUT2D eigenvalue weighted by molar-refractivity contribution is 0.0706. The second-order valence-corrected chi connectivity index (χ2v) is 12.5. The van der Waals surface area contributed by atoms with E-state index in [9.17, 15) is 13.2 Å². The van der Waals surface area contributed by atoms with Gasteiger partial charge in [-0.25, -0.2) is 18.1 Å². The second-order valence-electron chi connectivity index (χ2n) is 10.8. The molecule has 6 rings (SSSR count). The van der Waals surface area contributed by atoms with Gasteiger partial charge in [-0.2, -0.15) is 4.98 Å². The maximum atomic E-state index is 13.5. The summed E-state index contributed by atoms with van der Waals surface area (Å²) in [6.07, 6.45) is 2.32. The van der Waals surface area contributed by atoms with Gasteiger partial charge in [0, 0.05) is 24.2 Å². The summed E-state index contributed by atoms with van der Waals surface area (Å²) in [6, 6.07) is 21.6. The first-order valence-corrected chi connectivity index (χ1v) is 15.5. The molecule has 0 radical (unpaired) electrons. The first kappa shape index (κ1) is 28.6. The molecule has 1 N–H and O–H groups in total. The summed E-state index contributed by atoms with van der Waals surface area (Å²) >= 11 is 0. The molecule has 1 aromatic heterocycles. The number of aromatic nitrogens is 2. The summed E-state index contributed by atoms with van der Waals surface area (Å²) < 4.78 is 41.3. The molecule has 4 aromatic rings. The van der Waals surface area contributed by atoms with Crippen molar-refractivity contribution in [2.45, 2.75) is 31.3 Å². The third-order valence-corrected chi connectivity index (χ3v) is 9.05. The Labute approximate surface area is 251 Å². The topological polar surface area (TPSA) is 111 Å². The molecule has 1 atom stereocenters. The van der Waals surface area contributed by atoms with E-state index in [-0.39, 0.29) is 34.7 Å². The Morgan fingerprint density at radius 3 is 2.40 bits per heavy atom. The maximum absolute atomic E-state index is 13.5. The minimum Gasteiger partial charge on any atom is -0.467 e.